The molecule has 0 radical (unpaired) electrons. The number of carboxylic acids is 1. The van der Waals surface area contributed by atoms with Crippen LogP contribution >= 0.6 is 0 Å². The van der Waals surface area contributed by atoms with Gasteiger partial charge in [0.1, 0.15) is 0 Å². The molecule has 19 heavy (non-hydrogen) atoms. The van der Waals surface area contributed by atoms with Crippen LogP contribution in [0.5, 0.6) is 0 Å². The lowest BCUT2D eigenvalue weighted by Gasteiger charge is -2.12. The lowest BCUT2D eigenvalue weighted by molar-refractivity contribution is -0.141. The first-order valence-electron chi connectivity index (χ1n) is 6.22. The van der Waals surface area contributed by atoms with Crippen molar-refractivity contribution < 1.29 is 14.7 Å². The molecular formula is C13H19N3O3. The van der Waals surface area contributed by atoms with E-state index in [9.17, 15) is 9.59 Å². The van der Waals surface area contributed by atoms with Gasteiger partial charge in [0, 0.05) is 12.2 Å². The maximum absolute atomic E-state index is 11.7. The topological polar surface area (TPSA) is 105 Å². The Kier molecular flexibility index (Phi) is 5.78. The lowest BCUT2D eigenvalue weighted by atomic mass is 10.0. The number of amides is 1. The van der Waals surface area contributed by atoms with Crippen molar-refractivity contribution in [1.29, 1.82) is 0 Å². The van der Waals surface area contributed by atoms with Gasteiger partial charge in [0.05, 0.1) is 24.2 Å². The van der Waals surface area contributed by atoms with Crippen LogP contribution in [0.15, 0.2) is 18.3 Å². The van der Waals surface area contributed by atoms with Crippen molar-refractivity contribution in [3.63, 3.8) is 0 Å². The highest BCUT2D eigenvalue weighted by Gasteiger charge is 2.17. The van der Waals surface area contributed by atoms with Gasteiger partial charge in [-0.1, -0.05) is 13.3 Å². The van der Waals surface area contributed by atoms with E-state index >= 15 is 0 Å². The molecule has 0 bridgehead atoms. The van der Waals surface area contributed by atoms with E-state index in [1.165, 1.54) is 6.20 Å². The summed E-state index contributed by atoms with van der Waals surface area (Å²) in [7, 11) is 0. The molecule has 0 spiro atoms. The van der Waals surface area contributed by atoms with Gasteiger partial charge in [-0.05, 0) is 18.6 Å². The molecule has 1 atom stereocenters. The molecular weight excluding hydrogens is 246 g/mol. The molecule has 104 valence electrons. The van der Waals surface area contributed by atoms with Crippen molar-refractivity contribution in [2.24, 2.45) is 5.92 Å². The number of hydrogen-bond donors (Lipinski definition) is 3. The molecule has 0 aliphatic carbocycles. The van der Waals surface area contributed by atoms with Gasteiger partial charge in [-0.3, -0.25) is 14.6 Å². The van der Waals surface area contributed by atoms with Gasteiger partial charge in [-0.15, -0.1) is 0 Å². The predicted molar refractivity (Wildman–Crippen MR) is 71.4 cm³/mol. The van der Waals surface area contributed by atoms with E-state index in [1.54, 1.807) is 12.1 Å². The molecule has 1 aromatic rings. The monoisotopic (exact) mass is 265 g/mol. The number of nitrogens with zero attached hydrogens (tertiary/aromatic N) is 1. The van der Waals surface area contributed by atoms with Gasteiger partial charge in [-0.2, -0.15) is 0 Å². The minimum atomic E-state index is -0.882. The summed E-state index contributed by atoms with van der Waals surface area (Å²) in [4.78, 5) is 26.6. The van der Waals surface area contributed by atoms with Crippen LogP contribution in [0.1, 0.15) is 25.5 Å². The van der Waals surface area contributed by atoms with E-state index in [2.05, 4.69) is 10.3 Å². The van der Waals surface area contributed by atoms with Crippen LogP contribution in [0.3, 0.4) is 0 Å². The molecule has 0 fully saturated rings. The summed E-state index contributed by atoms with van der Waals surface area (Å²) >= 11 is 0. The fraction of sp³-hybridized carbons (Fsp3) is 0.462. The van der Waals surface area contributed by atoms with Gasteiger partial charge < -0.3 is 16.2 Å². The second kappa shape index (κ2) is 7.35. The first kappa shape index (κ1) is 14.9. The highest BCUT2D eigenvalue weighted by Crippen LogP contribution is 2.06. The Morgan fingerprint density at radius 1 is 1.47 bits per heavy atom. The van der Waals surface area contributed by atoms with Crippen LogP contribution in [0, 0.1) is 5.92 Å². The maximum atomic E-state index is 11.7. The minimum absolute atomic E-state index is 0.124. The van der Waals surface area contributed by atoms with Crippen molar-refractivity contribution in [3.8, 4) is 0 Å². The van der Waals surface area contributed by atoms with Crippen LogP contribution in [0.4, 0.5) is 5.69 Å². The van der Waals surface area contributed by atoms with E-state index in [4.69, 9.17) is 10.8 Å². The summed E-state index contributed by atoms with van der Waals surface area (Å²) in [5, 5.41) is 11.6. The van der Waals surface area contributed by atoms with Crippen molar-refractivity contribution in [2.45, 2.75) is 26.2 Å². The van der Waals surface area contributed by atoms with E-state index in [-0.39, 0.29) is 18.9 Å². The molecule has 6 heteroatoms. The number of aromatic nitrogens is 1. The van der Waals surface area contributed by atoms with Crippen molar-refractivity contribution >= 4 is 17.6 Å². The molecule has 0 aromatic carbocycles. The third-order valence-corrected chi connectivity index (χ3v) is 2.72. The van der Waals surface area contributed by atoms with Crippen LogP contribution < -0.4 is 11.1 Å². The number of pyridine rings is 1. The first-order chi connectivity index (χ1) is 9.02. The number of anilines is 1. The maximum Gasteiger partial charge on any atom is 0.308 e. The minimum Gasteiger partial charge on any atom is -0.481 e. The Balaban J connectivity index is 2.42. The molecule has 0 saturated heterocycles. The van der Waals surface area contributed by atoms with Crippen LogP contribution in [0.2, 0.25) is 0 Å². The van der Waals surface area contributed by atoms with E-state index < -0.39 is 11.9 Å². The number of rotatable bonds is 7. The van der Waals surface area contributed by atoms with Gasteiger partial charge in [-0.25, -0.2) is 0 Å². The third-order valence-electron chi connectivity index (χ3n) is 2.72. The Hall–Kier alpha value is -2.11. The number of carbonyl (C=O) groups excluding carboxylic acids is 1. The third kappa shape index (κ3) is 5.37. The van der Waals surface area contributed by atoms with E-state index in [1.807, 2.05) is 6.92 Å². The first-order valence-corrected chi connectivity index (χ1v) is 6.22. The fourth-order valence-corrected chi connectivity index (χ4v) is 1.67. The van der Waals surface area contributed by atoms with Gasteiger partial charge >= 0.3 is 5.97 Å². The number of hydrogen-bond acceptors (Lipinski definition) is 4. The molecule has 1 amide bonds. The molecule has 1 heterocycles. The Morgan fingerprint density at radius 3 is 2.74 bits per heavy atom. The smallest absolute Gasteiger partial charge is 0.308 e. The number of nitrogens with two attached hydrogens (primary N) is 1. The zero-order chi connectivity index (χ0) is 14.3. The normalized spacial score (nSPS) is 11.8. The quantitative estimate of drug-likeness (QED) is 0.677. The number of nitrogen functional groups attached to an aromatic ring is 1. The number of carboxylic acid groups (broad SMARTS) is 1. The van der Waals surface area contributed by atoms with Crippen LogP contribution in [-0.2, 0) is 16.0 Å². The van der Waals surface area contributed by atoms with Gasteiger partial charge in [0.15, 0.2) is 0 Å². The van der Waals surface area contributed by atoms with Crippen molar-refractivity contribution in [1.82, 2.24) is 10.3 Å². The zero-order valence-electron chi connectivity index (χ0n) is 10.9. The van der Waals surface area contributed by atoms with E-state index in [0.717, 1.165) is 6.42 Å². The highest BCUT2D eigenvalue weighted by atomic mass is 16.4. The molecule has 4 N–H and O–H groups in total. The molecule has 1 rings (SSSR count). The molecule has 0 aliphatic rings. The standard InChI is InChI=1S/C13H19N3O3/c1-2-3-9(13(18)19)7-16-12(17)6-11-5-4-10(14)8-15-11/h4-5,8-9H,2-3,6-7,14H2,1H3,(H,16,17)(H,18,19). The van der Waals surface area contributed by atoms with Crippen LogP contribution in [-0.4, -0.2) is 28.5 Å². The lowest BCUT2D eigenvalue weighted by Crippen LogP contribution is -2.33. The summed E-state index contributed by atoms with van der Waals surface area (Å²) < 4.78 is 0. The fourth-order valence-electron chi connectivity index (χ4n) is 1.67. The summed E-state index contributed by atoms with van der Waals surface area (Å²) in [5.41, 5.74) is 6.64. The number of nitrogens with one attached hydrogen (secondary N) is 1. The van der Waals surface area contributed by atoms with Gasteiger partial charge in [0.2, 0.25) is 5.91 Å². The van der Waals surface area contributed by atoms with E-state index in [0.29, 0.717) is 17.8 Å². The average Bonchev–Trinajstić information content (AvgIpc) is 2.37. The van der Waals surface area contributed by atoms with Crippen molar-refractivity contribution in [3.05, 3.63) is 24.0 Å². The summed E-state index contributed by atoms with van der Waals surface area (Å²) in [5.74, 6) is -1.65. The zero-order valence-corrected chi connectivity index (χ0v) is 10.9. The molecule has 0 aliphatic heterocycles. The molecule has 1 unspecified atom stereocenters. The Morgan fingerprint density at radius 2 is 2.21 bits per heavy atom. The Bertz CT molecular complexity index is 431. The number of carbonyl (C=O) groups is 2. The highest BCUT2D eigenvalue weighted by molar-refractivity contribution is 5.79. The summed E-state index contributed by atoms with van der Waals surface area (Å²) in [6.07, 6.45) is 2.93. The SMILES string of the molecule is CCCC(CNC(=O)Cc1ccc(N)cn1)C(=O)O. The summed E-state index contributed by atoms with van der Waals surface area (Å²) in [6, 6.07) is 3.35. The second-order valence-corrected chi connectivity index (χ2v) is 4.39. The summed E-state index contributed by atoms with van der Waals surface area (Å²) in [6.45, 7) is 2.06. The molecule has 1 aromatic heterocycles. The molecule has 0 saturated carbocycles. The Labute approximate surface area is 112 Å². The largest absolute Gasteiger partial charge is 0.481 e. The van der Waals surface area contributed by atoms with Crippen LogP contribution in [0.25, 0.3) is 0 Å². The second-order valence-electron chi connectivity index (χ2n) is 4.39. The predicted octanol–water partition coefficient (Wildman–Crippen LogP) is 0.823. The number of aliphatic carboxylic acids is 1. The van der Waals surface area contributed by atoms with Gasteiger partial charge in [0.25, 0.3) is 0 Å². The van der Waals surface area contributed by atoms with Crippen molar-refractivity contribution in [2.75, 3.05) is 12.3 Å². The molecule has 6 nitrogen and oxygen atoms in total. The average molecular weight is 265 g/mol.